The fraction of sp³-hybridized carbons (Fsp3) is 0.650. The molecule has 0 saturated carbocycles. The third kappa shape index (κ3) is 4.58. The van der Waals surface area contributed by atoms with Crippen molar-refractivity contribution in [2.75, 3.05) is 37.7 Å². The number of hydrogen-bond acceptors (Lipinski definition) is 5. The summed E-state index contributed by atoms with van der Waals surface area (Å²) in [5.41, 5.74) is 6.99. The molecule has 3 atom stereocenters. The van der Waals surface area contributed by atoms with E-state index in [-0.39, 0.29) is 6.04 Å². The maximum atomic E-state index is 13.0. The van der Waals surface area contributed by atoms with Gasteiger partial charge in [-0.2, -0.15) is 0 Å². The van der Waals surface area contributed by atoms with Crippen molar-refractivity contribution in [3.8, 4) is 0 Å². The van der Waals surface area contributed by atoms with Gasteiger partial charge in [0.25, 0.3) is 0 Å². The Labute approximate surface area is 161 Å². The van der Waals surface area contributed by atoms with Crippen LogP contribution in [0.5, 0.6) is 0 Å². The van der Waals surface area contributed by atoms with Gasteiger partial charge >= 0.3 is 11.8 Å². The molecule has 7 heteroatoms. The number of carbonyl (C=O) groups is 2. The largest absolute Gasteiger partial charge is 0.383 e. The van der Waals surface area contributed by atoms with Gasteiger partial charge in [-0.25, -0.2) is 4.98 Å². The lowest BCUT2D eigenvalue weighted by Gasteiger charge is -2.45. The summed E-state index contributed by atoms with van der Waals surface area (Å²) in [7, 11) is 2.13. The molecule has 0 bridgehead atoms. The molecular weight excluding hydrogens is 342 g/mol. The number of nitrogens with two attached hydrogens (primary N) is 1. The number of nitrogen functional groups attached to an aromatic ring is 1. The first-order valence-electron chi connectivity index (χ1n) is 9.87. The molecule has 2 saturated heterocycles. The van der Waals surface area contributed by atoms with Crippen LogP contribution in [-0.4, -0.2) is 59.3 Å². The average molecular weight is 374 g/mol. The Morgan fingerprint density at radius 2 is 2.04 bits per heavy atom. The molecule has 0 spiro atoms. The highest BCUT2D eigenvalue weighted by molar-refractivity contribution is 6.39. The van der Waals surface area contributed by atoms with E-state index in [9.17, 15) is 9.59 Å². The fourth-order valence-electron chi connectivity index (χ4n) is 4.39. The number of anilines is 2. The highest BCUT2D eigenvalue weighted by atomic mass is 16.2. The van der Waals surface area contributed by atoms with Gasteiger partial charge in [-0.05, 0) is 69.7 Å². The van der Waals surface area contributed by atoms with E-state index in [4.69, 9.17) is 5.73 Å². The molecule has 27 heavy (non-hydrogen) atoms. The lowest BCUT2D eigenvalue weighted by Crippen LogP contribution is -2.55. The summed E-state index contributed by atoms with van der Waals surface area (Å²) in [6.45, 7) is 6.72. The highest BCUT2D eigenvalue weighted by Gasteiger charge is 2.38. The third-order valence-corrected chi connectivity index (χ3v) is 5.90. The molecule has 2 amide bonds. The van der Waals surface area contributed by atoms with Crippen LogP contribution in [0.4, 0.5) is 11.5 Å². The van der Waals surface area contributed by atoms with E-state index in [0.29, 0.717) is 29.9 Å². The zero-order valence-corrected chi connectivity index (χ0v) is 16.6. The molecular formula is C20H31N5O2. The lowest BCUT2D eigenvalue weighted by atomic mass is 9.82. The Balaban J connectivity index is 1.72. The fourth-order valence-corrected chi connectivity index (χ4v) is 4.39. The van der Waals surface area contributed by atoms with Crippen molar-refractivity contribution in [3.63, 3.8) is 0 Å². The van der Waals surface area contributed by atoms with Crippen LogP contribution in [0.3, 0.4) is 0 Å². The van der Waals surface area contributed by atoms with E-state index in [1.54, 1.807) is 6.07 Å². The van der Waals surface area contributed by atoms with Crippen LogP contribution < -0.4 is 11.1 Å². The molecule has 0 aromatic carbocycles. The molecule has 0 aliphatic carbocycles. The number of pyridine rings is 1. The van der Waals surface area contributed by atoms with Crippen molar-refractivity contribution in [2.24, 2.45) is 11.8 Å². The van der Waals surface area contributed by atoms with Crippen molar-refractivity contribution in [2.45, 2.75) is 45.6 Å². The number of hydrogen-bond donors (Lipinski definition) is 2. The summed E-state index contributed by atoms with van der Waals surface area (Å²) < 4.78 is 0. The van der Waals surface area contributed by atoms with Crippen LogP contribution >= 0.6 is 0 Å². The van der Waals surface area contributed by atoms with Gasteiger partial charge in [-0.15, -0.1) is 0 Å². The number of nitrogens with one attached hydrogen (secondary N) is 1. The number of aromatic nitrogens is 1. The predicted octanol–water partition coefficient (Wildman–Crippen LogP) is 1.88. The summed E-state index contributed by atoms with van der Waals surface area (Å²) in [6.07, 6.45) is 5.84. The second-order valence-electron chi connectivity index (χ2n) is 8.25. The van der Waals surface area contributed by atoms with Crippen molar-refractivity contribution in [1.82, 2.24) is 14.8 Å². The zero-order chi connectivity index (χ0) is 19.6. The topological polar surface area (TPSA) is 91.6 Å². The standard InChI is InChI=1S/C20H31N5O2/c1-13-6-7-17(15-5-4-8-24(3)12-15)25(11-13)20(27)19(26)23-16-9-14(2)18(21)22-10-16/h9-10,13,15,17H,4-8,11-12H2,1-3H3,(H2,21,22)(H,23,26)/t13-,15?,17+/m1/s1. The summed E-state index contributed by atoms with van der Waals surface area (Å²) >= 11 is 0. The number of rotatable bonds is 2. The van der Waals surface area contributed by atoms with Crippen molar-refractivity contribution in [1.29, 1.82) is 0 Å². The number of carbonyl (C=O) groups excluding carboxylic acids is 2. The SMILES string of the molecule is Cc1cc(NC(=O)C(=O)N2C[C@H](C)CC[C@H]2C2CCCN(C)C2)cnc1N. The van der Waals surface area contributed by atoms with Crippen LogP contribution in [0.25, 0.3) is 0 Å². The first-order chi connectivity index (χ1) is 12.8. The quantitative estimate of drug-likeness (QED) is 0.773. The highest BCUT2D eigenvalue weighted by Crippen LogP contribution is 2.31. The minimum atomic E-state index is -0.593. The first-order valence-corrected chi connectivity index (χ1v) is 9.87. The molecule has 2 fully saturated rings. The smallest absolute Gasteiger partial charge is 0.313 e. The number of likely N-dealkylation sites (tertiary alicyclic amines) is 2. The van der Waals surface area contributed by atoms with Crippen LogP contribution in [-0.2, 0) is 9.59 Å². The zero-order valence-electron chi connectivity index (χ0n) is 16.6. The van der Waals surface area contributed by atoms with Gasteiger partial charge in [0.05, 0.1) is 11.9 Å². The molecule has 7 nitrogen and oxygen atoms in total. The summed E-state index contributed by atoms with van der Waals surface area (Å²) in [5, 5.41) is 2.70. The van der Waals surface area contributed by atoms with E-state index >= 15 is 0 Å². The number of nitrogens with zero attached hydrogens (tertiary/aromatic N) is 3. The van der Waals surface area contributed by atoms with Crippen molar-refractivity contribution in [3.05, 3.63) is 17.8 Å². The van der Waals surface area contributed by atoms with Crippen LogP contribution in [0.1, 0.15) is 38.2 Å². The summed E-state index contributed by atoms with van der Waals surface area (Å²) in [4.78, 5) is 33.8. The Morgan fingerprint density at radius 3 is 2.74 bits per heavy atom. The number of amides is 2. The molecule has 3 heterocycles. The van der Waals surface area contributed by atoms with E-state index in [1.807, 2.05) is 11.8 Å². The first kappa shape index (κ1) is 19.6. The van der Waals surface area contributed by atoms with Crippen LogP contribution in [0.2, 0.25) is 0 Å². The molecule has 1 aromatic rings. The molecule has 2 aliphatic heterocycles. The number of piperidine rings is 2. The summed E-state index contributed by atoms with van der Waals surface area (Å²) in [6, 6.07) is 1.88. The van der Waals surface area contributed by atoms with Crippen molar-refractivity contribution >= 4 is 23.3 Å². The minimum Gasteiger partial charge on any atom is -0.383 e. The van der Waals surface area contributed by atoms with Gasteiger partial charge < -0.3 is 20.9 Å². The normalized spacial score (nSPS) is 26.6. The number of aryl methyl sites for hydroxylation is 1. The molecule has 1 unspecified atom stereocenters. The van der Waals surface area contributed by atoms with Gasteiger partial charge in [0.1, 0.15) is 5.82 Å². The average Bonchev–Trinajstić information content (AvgIpc) is 2.64. The Bertz CT molecular complexity index is 708. The third-order valence-electron chi connectivity index (χ3n) is 5.90. The van der Waals surface area contributed by atoms with Crippen molar-refractivity contribution < 1.29 is 9.59 Å². The maximum Gasteiger partial charge on any atom is 0.313 e. The molecule has 0 radical (unpaired) electrons. The summed E-state index contributed by atoms with van der Waals surface area (Å²) in [5.74, 6) is 0.248. The maximum absolute atomic E-state index is 13.0. The Kier molecular flexibility index (Phi) is 5.99. The van der Waals surface area contributed by atoms with E-state index in [2.05, 4.69) is 29.2 Å². The van der Waals surface area contributed by atoms with Gasteiger partial charge in [0, 0.05) is 19.1 Å². The van der Waals surface area contributed by atoms with Gasteiger partial charge in [-0.1, -0.05) is 6.92 Å². The van der Waals surface area contributed by atoms with Gasteiger partial charge in [0.15, 0.2) is 0 Å². The monoisotopic (exact) mass is 373 g/mol. The predicted molar refractivity (Wildman–Crippen MR) is 106 cm³/mol. The van der Waals surface area contributed by atoms with Gasteiger partial charge in [0.2, 0.25) is 0 Å². The van der Waals surface area contributed by atoms with Gasteiger partial charge in [-0.3, -0.25) is 9.59 Å². The lowest BCUT2D eigenvalue weighted by molar-refractivity contribution is -0.148. The Hall–Kier alpha value is -2.15. The van der Waals surface area contributed by atoms with E-state index in [0.717, 1.165) is 44.3 Å². The Morgan fingerprint density at radius 1 is 1.26 bits per heavy atom. The van der Waals surface area contributed by atoms with Crippen LogP contribution in [0, 0.1) is 18.8 Å². The van der Waals surface area contributed by atoms with E-state index < -0.39 is 11.8 Å². The van der Waals surface area contributed by atoms with E-state index in [1.165, 1.54) is 6.20 Å². The second-order valence-corrected chi connectivity index (χ2v) is 8.25. The molecule has 3 N–H and O–H groups in total. The molecule has 3 rings (SSSR count). The second kappa shape index (κ2) is 8.25. The molecule has 1 aromatic heterocycles. The molecule has 148 valence electrons. The van der Waals surface area contributed by atoms with Crippen LogP contribution in [0.15, 0.2) is 12.3 Å². The molecule has 2 aliphatic rings. The minimum absolute atomic E-state index is 0.147.